The largest absolute Gasteiger partial charge is 0.463 e. The summed E-state index contributed by atoms with van der Waals surface area (Å²) in [6.45, 7) is 0.250. The van der Waals surface area contributed by atoms with Crippen LogP contribution in [0.25, 0.3) is 0 Å². The third-order valence-electron chi connectivity index (χ3n) is 3.85. The number of anilines is 1. The fourth-order valence-corrected chi connectivity index (χ4v) is 2.61. The second kappa shape index (κ2) is 7.95. The van der Waals surface area contributed by atoms with Crippen LogP contribution in [0.5, 0.6) is 0 Å². The van der Waals surface area contributed by atoms with Crippen LogP contribution in [0.1, 0.15) is 22.9 Å². The Morgan fingerprint density at radius 2 is 1.84 bits per heavy atom. The predicted molar refractivity (Wildman–Crippen MR) is 93.6 cm³/mol. The summed E-state index contributed by atoms with van der Waals surface area (Å²) in [6, 6.07) is 22.4. The van der Waals surface area contributed by atoms with Crippen LogP contribution in [0, 0.1) is 11.3 Å². The number of rotatable bonds is 6. The highest BCUT2D eigenvalue weighted by Crippen LogP contribution is 2.18. The summed E-state index contributed by atoms with van der Waals surface area (Å²) in [6.07, 6.45) is 1.63. The van der Waals surface area contributed by atoms with Gasteiger partial charge in [0.15, 0.2) is 18.3 Å². The van der Waals surface area contributed by atoms with E-state index < -0.39 is 0 Å². The molecule has 1 atom stereocenters. The normalized spacial score (nSPS) is 11.5. The maximum atomic E-state index is 12.2. The molecule has 124 valence electrons. The van der Waals surface area contributed by atoms with Crippen LogP contribution in [0.4, 0.5) is 5.69 Å². The molecule has 0 bridgehead atoms. The van der Waals surface area contributed by atoms with Crippen molar-refractivity contribution >= 4 is 11.6 Å². The van der Waals surface area contributed by atoms with Crippen molar-refractivity contribution in [2.24, 2.45) is 0 Å². The van der Waals surface area contributed by atoms with Gasteiger partial charge in [0.05, 0.1) is 17.9 Å². The summed E-state index contributed by atoms with van der Waals surface area (Å²) in [4.78, 5) is 12.2. The van der Waals surface area contributed by atoms with Gasteiger partial charge in [0.25, 0.3) is 5.91 Å². The minimum absolute atomic E-state index is 0.0806. The van der Waals surface area contributed by atoms with Gasteiger partial charge in [-0.15, -0.1) is 0 Å². The van der Waals surface area contributed by atoms with Gasteiger partial charge in [-0.05, 0) is 36.4 Å². The molecular weight excluding hydrogens is 314 g/mol. The first-order valence-corrected chi connectivity index (χ1v) is 7.98. The molecule has 0 spiro atoms. The molecule has 3 rings (SSSR count). The zero-order chi connectivity index (χ0) is 17.5. The molecule has 0 aliphatic carbocycles. The second-order valence-corrected chi connectivity index (χ2v) is 5.58. The number of nitrogens with zero attached hydrogens (tertiary/aromatic N) is 1. The first kappa shape index (κ1) is 16.5. The SMILES string of the molecule is N#Cc1ccc(NC(=O)C[NH2+][C@H](c2ccccc2)c2ccco2)cc1. The Bertz CT molecular complexity index is 850. The van der Waals surface area contributed by atoms with Crippen molar-refractivity contribution in [2.75, 3.05) is 11.9 Å². The van der Waals surface area contributed by atoms with Crippen molar-refractivity contribution < 1.29 is 14.5 Å². The quantitative estimate of drug-likeness (QED) is 0.727. The number of nitrogens with one attached hydrogen (secondary N) is 1. The van der Waals surface area contributed by atoms with Crippen molar-refractivity contribution in [1.29, 1.82) is 5.26 Å². The van der Waals surface area contributed by atoms with Crippen molar-refractivity contribution in [3.05, 3.63) is 89.9 Å². The Kier molecular flexibility index (Phi) is 5.25. The Labute approximate surface area is 145 Å². The molecule has 1 heterocycles. The first-order chi connectivity index (χ1) is 12.3. The number of amides is 1. The van der Waals surface area contributed by atoms with Gasteiger partial charge in [0, 0.05) is 11.3 Å². The van der Waals surface area contributed by atoms with Crippen LogP contribution in [-0.2, 0) is 4.79 Å². The van der Waals surface area contributed by atoms with Gasteiger partial charge in [-0.3, -0.25) is 4.79 Å². The minimum Gasteiger partial charge on any atom is -0.463 e. The number of hydrogen-bond donors (Lipinski definition) is 2. The van der Waals surface area contributed by atoms with Crippen molar-refractivity contribution in [1.82, 2.24) is 0 Å². The van der Waals surface area contributed by atoms with Crippen LogP contribution >= 0.6 is 0 Å². The van der Waals surface area contributed by atoms with Gasteiger partial charge in [0.2, 0.25) is 0 Å². The molecule has 0 saturated heterocycles. The molecule has 1 amide bonds. The Hall–Kier alpha value is -3.36. The highest BCUT2D eigenvalue weighted by Gasteiger charge is 2.21. The minimum atomic E-state index is -0.114. The maximum absolute atomic E-state index is 12.2. The van der Waals surface area contributed by atoms with Crippen molar-refractivity contribution in [3.63, 3.8) is 0 Å². The zero-order valence-corrected chi connectivity index (χ0v) is 13.6. The van der Waals surface area contributed by atoms with Gasteiger partial charge in [0.1, 0.15) is 0 Å². The Morgan fingerprint density at radius 1 is 1.08 bits per heavy atom. The van der Waals surface area contributed by atoms with Crippen LogP contribution in [-0.4, -0.2) is 12.5 Å². The number of carbonyl (C=O) groups is 1. The first-order valence-electron chi connectivity index (χ1n) is 7.98. The van der Waals surface area contributed by atoms with Gasteiger partial charge < -0.3 is 15.1 Å². The van der Waals surface area contributed by atoms with Gasteiger partial charge in [-0.1, -0.05) is 30.3 Å². The van der Waals surface area contributed by atoms with Crippen molar-refractivity contribution in [3.8, 4) is 6.07 Å². The van der Waals surface area contributed by atoms with E-state index in [2.05, 4.69) is 11.4 Å². The highest BCUT2D eigenvalue weighted by atomic mass is 16.3. The second-order valence-electron chi connectivity index (χ2n) is 5.58. The number of quaternary nitrogens is 1. The molecule has 0 saturated carbocycles. The number of carbonyl (C=O) groups excluding carboxylic acids is 1. The standard InChI is InChI=1S/C20H17N3O2/c21-13-15-8-10-17(11-9-15)23-19(24)14-22-20(18-7-4-12-25-18)16-5-2-1-3-6-16/h1-12,20,22H,14H2,(H,23,24)/p+1/t20-/m1/s1. The molecule has 0 aliphatic heterocycles. The summed E-state index contributed by atoms with van der Waals surface area (Å²) >= 11 is 0. The monoisotopic (exact) mass is 332 g/mol. The molecule has 3 aromatic rings. The lowest BCUT2D eigenvalue weighted by Crippen LogP contribution is -2.87. The van der Waals surface area contributed by atoms with Crippen LogP contribution in [0.3, 0.4) is 0 Å². The smallest absolute Gasteiger partial charge is 0.279 e. The number of benzene rings is 2. The van der Waals surface area contributed by atoms with Gasteiger partial charge in [-0.25, -0.2) is 0 Å². The van der Waals surface area contributed by atoms with Crippen LogP contribution in [0.2, 0.25) is 0 Å². The third-order valence-corrected chi connectivity index (χ3v) is 3.85. The molecule has 5 heteroatoms. The predicted octanol–water partition coefficient (Wildman–Crippen LogP) is 2.44. The van der Waals surface area contributed by atoms with Crippen molar-refractivity contribution in [2.45, 2.75) is 6.04 Å². The van der Waals surface area contributed by atoms with E-state index in [1.807, 2.05) is 47.8 Å². The Morgan fingerprint density at radius 3 is 2.48 bits per heavy atom. The molecule has 5 nitrogen and oxygen atoms in total. The number of nitrogens with two attached hydrogens (primary N) is 1. The average molecular weight is 332 g/mol. The number of furan rings is 1. The number of hydrogen-bond acceptors (Lipinski definition) is 3. The highest BCUT2D eigenvalue weighted by molar-refractivity contribution is 5.91. The third kappa shape index (κ3) is 4.34. The van der Waals surface area contributed by atoms with E-state index in [0.717, 1.165) is 11.3 Å². The van der Waals surface area contributed by atoms with Gasteiger partial charge in [-0.2, -0.15) is 5.26 Å². The van der Waals surface area contributed by atoms with Crippen LogP contribution < -0.4 is 10.6 Å². The topological polar surface area (TPSA) is 82.6 Å². The van der Waals surface area contributed by atoms with E-state index in [4.69, 9.17) is 9.68 Å². The summed E-state index contributed by atoms with van der Waals surface area (Å²) < 4.78 is 5.53. The molecule has 0 unspecified atom stereocenters. The maximum Gasteiger partial charge on any atom is 0.279 e. The summed E-state index contributed by atoms with van der Waals surface area (Å²) in [7, 11) is 0. The van der Waals surface area contributed by atoms with Crippen LogP contribution in [0.15, 0.2) is 77.4 Å². The zero-order valence-electron chi connectivity index (χ0n) is 13.6. The molecule has 2 aromatic carbocycles. The van der Waals surface area contributed by atoms with E-state index >= 15 is 0 Å². The Balaban J connectivity index is 1.64. The molecule has 1 aromatic heterocycles. The fourth-order valence-electron chi connectivity index (χ4n) is 2.61. The molecule has 25 heavy (non-hydrogen) atoms. The van der Waals surface area contributed by atoms with E-state index in [1.54, 1.807) is 30.5 Å². The molecule has 3 N–H and O–H groups in total. The summed E-state index contributed by atoms with van der Waals surface area (Å²) in [5, 5.41) is 13.6. The lowest BCUT2D eigenvalue weighted by atomic mass is 10.0. The lowest BCUT2D eigenvalue weighted by molar-refractivity contribution is -0.678. The van der Waals surface area contributed by atoms with E-state index in [0.29, 0.717) is 11.3 Å². The molecule has 0 radical (unpaired) electrons. The average Bonchev–Trinajstić information content (AvgIpc) is 3.18. The molecule has 0 aliphatic rings. The fraction of sp³-hybridized carbons (Fsp3) is 0.100. The van der Waals surface area contributed by atoms with E-state index in [-0.39, 0.29) is 18.5 Å². The number of nitriles is 1. The molecule has 0 fully saturated rings. The summed E-state index contributed by atoms with van der Waals surface area (Å²) in [5.74, 6) is 0.689. The van der Waals surface area contributed by atoms with Gasteiger partial charge >= 0.3 is 0 Å². The van der Waals surface area contributed by atoms with E-state index in [9.17, 15) is 4.79 Å². The van der Waals surface area contributed by atoms with E-state index in [1.165, 1.54) is 0 Å². The lowest BCUT2D eigenvalue weighted by Gasteiger charge is -2.14. The summed E-state index contributed by atoms with van der Waals surface area (Å²) in [5.41, 5.74) is 2.31. The molecular formula is C20H18N3O2+.